The average molecular weight is 408 g/mol. The number of H-pyrrole nitrogens is 1. The summed E-state index contributed by atoms with van der Waals surface area (Å²) < 4.78 is 18.4. The van der Waals surface area contributed by atoms with Crippen LogP contribution in [0.5, 0.6) is 5.75 Å². The van der Waals surface area contributed by atoms with Gasteiger partial charge in [-0.25, -0.2) is 4.39 Å². The molecule has 0 unspecified atom stereocenters. The van der Waals surface area contributed by atoms with Crippen LogP contribution in [-0.4, -0.2) is 52.6 Å². The number of methoxy groups -OCH3 is 1. The third-order valence-electron chi connectivity index (χ3n) is 5.46. The molecule has 7 heteroatoms. The van der Waals surface area contributed by atoms with E-state index in [4.69, 9.17) is 4.74 Å². The number of carbonyl (C=O) groups excluding carboxylic acids is 1. The number of rotatable bonds is 6. The highest BCUT2D eigenvalue weighted by Gasteiger charge is 2.22. The summed E-state index contributed by atoms with van der Waals surface area (Å²) in [6, 6.07) is 14.2. The van der Waals surface area contributed by atoms with E-state index < -0.39 is 0 Å². The molecule has 4 rings (SSSR count). The highest BCUT2D eigenvalue weighted by atomic mass is 19.1. The van der Waals surface area contributed by atoms with Gasteiger partial charge in [0.05, 0.1) is 19.0 Å². The zero-order valence-corrected chi connectivity index (χ0v) is 17.0. The Balaban J connectivity index is 1.40. The van der Waals surface area contributed by atoms with Crippen molar-refractivity contribution in [2.75, 3.05) is 26.7 Å². The van der Waals surface area contributed by atoms with Gasteiger partial charge in [0, 0.05) is 50.3 Å². The van der Waals surface area contributed by atoms with Crippen molar-refractivity contribution in [3.05, 3.63) is 71.7 Å². The van der Waals surface area contributed by atoms with Gasteiger partial charge in [-0.2, -0.15) is 5.10 Å². The van der Waals surface area contributed by atoms with Crippen LogP contribution in [0, 0.1) is 5.82 Å². The molecule has 2 aromatic carbocycles. The first-order chi connectivity index (χ1) is 14.6. The van der Waals surface area contributed by atoms with Crippen molar-refractivity contribution < 1.29 is 13.9 Å². The fourth-order valence-corrected chi connectivity index (χ4v) is 3.73. The highest BCUT2D eigenvalue weighted by molar-refractivity contribution is 5.76. The van der Waals surface area contributed by atoms with Gasteiger partial charge >= 0.3 is 0 Å². The summed E-state index contributed by atoms with van der Waals surface area (Å²) >= 11 is 0. The minimum absolute atomic E-state index is 0.166. The van der Waals surface area contributed by atoms with Crippen LogP contribution in [0.4, 0.5) is 4.39 Å². The summed E-state index contributed by atoms with van der Waals surface area (Å²) in [5.41, 5.74) is 3.92. The van der Waals surface area contributed by atoms with Gasteiger partial charge in [0.25, 0.3) is 0 Å². The van der Waals surface area contributed by atoms with Crippen molar-refractivity contribution in [3.63, 3.8) is 0 Å². The lowest BCUT2D eigenvalue weighted by Crippen LogP contribution is -2.32. The normalized spacial score (nSPS) is 15.3. The Hall–Kier alpha value is -3.19. The second kappa shape index (κ2) is 9.09. The molecule has 30 heavy (non-hydrogen) atoms. The van der Waals surface area contributed by atoms with Crippen LogP contribution in [0.3, 0.4) is 0 Å². The molecule has 0 spiro atoms. The van der Waals surface area contributed by atoms with E-state index in [1.165, 1.54) is 12.1 Å². The number of benzene rings is 2. The molecule has 0 saturated carbocycles. The molecule has 0 bridgehead atoms. The van der Waals surface area contributed by atoms with Gasteiger partial charge in [-0.05, 0) is 42.0 Å². The van der Waals surface area contributed by atoms with E-state index in [-0.39, 0.29) is 11.7 Å². The molecule has 3 aromatic rings. The van der Waals surface area contributed by atoms with Crippen LogP contribution in [0.2, 0.25) is 0 Å². The van der Waals surface area contributed by atoms with Gasteiger partial charge < -0.3 is 9.64 Å². The first kappa shape index (κ1) is 20.1. The van der Waals surface area contributed by atoms with Crippen LogP contribution in [0.1, 0.15) is 17.5 Å². The number of aromatic amines is 1. The number of amides is 1. The molecule has 1 aromatic heterocycles. The van der Waals surface area contributed by atoms with E-state index in [9.17, 15) is 9.18 Å². The van der Waals surface area contributed by atoms with E-state index in [1.54, 1.807) is 25.4 Å². The molecule has 1 saturated heterocycles. The van der Waals surface area contributed by atoms with Gasteiger partial charge in [-0.3, -0.25) is 14.8 Å². The third kappa shape index (κ3) is 4.68. The van der Waals surface area contributed by atoms with Crippen molar-refractivity contribution in [3.8, 4) is 17.0 Å². The van der Waals surface area contributed by atoms with Crippen molar-refractivity contribution in [2.45, 2.75) is 19.5 Å². The topological polar surface area (TPSA) is 61.5 Å². The molecule has 1 fully saturated rings. The van der Waals surface area contributed by atoms with Crippen LogP contribution in [0.25, 0.3) is 11.3 Å². The van der Waals surface area contributed by atoms with Crippen molar-refractivity contribution in [2.24, 2.45) is 0 Å². The third-order valence-corrected chi connectivity index (χ3v) is 5.46. The van der Waals surface area contributed by atoms with Crippen LogP contribution in [-0.2, 0) is 17.9 Å². The summed E-state index contributed by atoms with van der Waals surface area (Å²) in [7, 11) is 1.64. The van der Waals surface area contributed by atoms with Crippen molar-refractivity contribution in [1.82, 2.24) is 20.0 Å². The molecule has 6 nitrogen and oxygen atoms in total. The standard InChI is InChI=1S/C23H25FN4O2/c1-30-21-8-2-17(3-9-21)15-28-13-12-27(11-10-22(28)29)16-19-14-25-26-23(19)18-4-6-20(24)7-5-18/h2-9,14H,10-13,15-16H2,1H3,(H,25,26). The smallest absolute Gasteiger partial charge is 0.224 e. The maximum absolute atomic E-state index is 13.2. The van der Waals surface area contributed by atoms with Crippen LogP contribution >= 0.6 is 0 Å². The van der Waals surface area contributed by atoms with E-state index in [0.717, 1.165) is 34.7 Å². The summed E-state index contributed by atoms with van der Waals surface area (Å²) in [5.74, 6) is 0.714. The van der Waals surface area contributed by atoms with Gasteiger partial charge in [-0.15, -0.1) is 0 Å². The molecular formula is C23H25FN4O2. The second-order valence-corrected chi connectivity index (χ2v) is 7.47. The molecular weight excluding hydrogens is 383 g/mol. The molecule has 0 aliphatic carbocycles. The van der Waals surface area contributed by atoms with Gasteiger partial charge in [0.2, 0.25) is 5.91 Å². The number of carbonyl (C=O) groups is 1. The van der Waals surface area contributed by atoms with E-state index >= 15 is 0 Å². The molecule has 1 aliphatic rings. The Labute approximate surface area is 175 Å². The molecule has 1 amide bonds. The van der Waals surface area contributed by atoms with Crippen molar-refractivity contribution in [1.29, 1.82) is 0 Å². The van der Waals surface area contributed by atoms with Gasteiger partial charge in [-0.1, -0.05) is 12.1 Å². The van der Waals surface area contributed by atoms with Crippen LogP contribution in [0.15, 0.2) is 54.7 Å². The molecule has 1 aliphatic heterocycles. The number of nitrogens with zero attached hydrogens (tertiary/aromatic N) is 3. The fraction of sp³-hybridized carbons (Fsp3) is 0.304. The maximum Gasteiger partial charge on any atom is 0.224 e. The number of halogens is 1. The number of hydrogen-bond acceptors (Lipinski definition) is 4. The first-order valence-corrected chi connectivity index (χ1v) is 10.0. The second-order valence-electron chi connectivity index (χ2n) is 7.47. The zero-order valence-electron chi connectivity index (χ0n) is 17.0. The molecule has 156 valence electrons. The Morgan fingerprint density at radius 2 is 1.80 bits per heavy atom. The van der Waals surface area contributed by atoms with E-state index in [2.05, 4.69) is 15.1 Å². The predicted molar refractivity (Wildman–Crippen MR) is 112 cm³/mol. The lowest BCUT2D eigenvalue weighted by molar-refractivity contribution is -0.130. The number of hydrogen-bond donors (Lipinski definition) is 1. The average Bonchev–Trinajstić information content (AvgIpc) is 3.16. The molecule has 2 heterocycles. The van der Waals surface area contributed by atoms with E-state index in [0.29, 0.717) is 32.6 Å². The molecule has 0 radical (unpaired) electrons. The van der Waals surface area contributed by atoms with Gasteiger partial charge in [0.1, 0.15) is 11.6 Å². The first-order valence-electron chi connectivity index (χ1n) is 10.0. The monoisotopic (exact) mass is 408 g/mol. The Morgan fingerprint density at radius 3 is 2.53 bits per heavy atom. The maximum atomic E-state index is 13.2. The SMILES string of the molecule is COc1ccc(CN2CCN(Cc3cn[nH]c3-c3ccc(F)cc3)CCC2=O)cc1. The van der Waals surface area contributed by atoms with Crippen molar-refractivity contribution >= 4 is 5.91 Å². The number of aromatic nitrogens is 2. The Morgan fingerprint density at radius 1 is 1.03 bits per heavy atom. The van der Waals surface area contributed by atoms with Crippen LogP contribution < -0.4 is 4.74 Å². The lowest BCUT2D eigenvalue weighted by atomic mass is 10.1. The minimum atomic E-state index is -0.261. The lowest BCUT2D eigenvalue weighted by Gasteiger charge is -2.22. The largest absolute Gasteiger partial charge is 0.497 e. The van der Waals surface area contributed by atoms with E-state index in [1.807, 2.05) is 29.2 Å². The number of ether oxygens (including phenoxy) is 1. The fourth-order valence-electron chi connectivity index (χ4n) is 3.73. The van der Waals surface area contributed by atoms with Gasteiger partial charge in [0.15, 0.2) is 0 Å². The number of nitrogens with one attached hydrogen (secondary N) is 1. The zero-order chi connectivity index (χ0) is 20.9. The Kier molecular flexibility index (Phi) is 6.09. The summed E-state index contributed by atoms with van der Waals surface area (Å²) in [6.07, 6.45) is 2.29. The predicted octanol–water partition coefficient (Wildman–Crippen LogP) is 3.46. The quantitative estimate of drug-likeness (QED) is 0.679. The molecule has 1 N–H and O–H groups in total. The Bertz CT molecular complexity index is 985. The minimum Gasteiger partial charge on any atom is -0.497 e. The summed E-state index contributed by atoms with van der Waals surface area (Å²) in [4.78, 5) is 16.8. The molecule has 0 atom stereocenters. The summed E-state index contributed by atoms with van der Waals surface area (Å²) in [6.45, 7) is 3.45. The highest BCUT2D eigenvalue weighted by Crippen LogP contribution is 2.23. The summed E-state index contributed by atoms with van der Waals surface area (Å²) in [5, 5.41) is 7.20.